The first kappa shape index (κ1) is 21.0. The minimum atomic E-state index is 0. The highest BCUT2D eigenvalue weighted by atomic mass is 79.9. The Morgan fingerprint density at radius 1 is 0.645 bits per heavy atom. The molecule has 0 aliphatic carbocycles. The quantitative estimate of drug-likeness (QED) is 0.265. The molecule has 0 aliphatic heterocycles. The molecule has 6 aromatic rings. The molecule has 0 saturated carbocycles. The molecule has 2 heterocycles. The van der Waals surface area contributed by atoms with Crippen molar-refractivity contribution in [3.05, 3.63) is 89.4 Å². The maximum absolute atomic E-state index is 8.58. The summed E-state index contributed by atoms with van der Waals surface area (Å²) in [5.41, 5.74) is 3.55. The van der Waals surface area contributed by atoms with Crippen LogP contribution in [0.25, 0.3) is 43.9 Å². The molecule has 0 aliphatic rings. The maximum atomic E-state index is 8.58. The Hall–Kier alpha value is -3.22. The number of benzene rings is 4. The molecule has 0 saturated heterocycles. The lowest BCUT2D eigenvalue weighted by atomic mass is 10.1. The summed E-state index contributed by atoms with van der Waals surface area (Å²) >= 11 is 3.46. The molecular weight excluding hydrogens is 455 g/mol. The third-order valence-corrected chi connectivity index (χ3v) is 5.37. The molecule has 2 aromatic heterocycles. The van der Waals surface area contributed by atoms with Gasteiger partial charge in [0.05, 0.1) is 0 Å². The van der Waals surface area contributed by atoms with Crippen LogP contribution in [-0.4, -0.2) is 12.7 Å². The normalized spacial score (nSPS) is 10.6. The summed E-state index contributed by atoms with van der Waals surface area (Å²) in [7, 11) is 0.670. The smallest absolute Gasteiger partial charge is 0.537 e. The molecule has 0 spiro atoms. The minimum absolute atomic E-state index is 0. The Labute approximate surface area is 188 Å². The number of rotatable bonds is 2. The Morgan fingerprint density at radius 2 is 1.16 bits per heavy atom. The van der Waals surface area contributed by atoms with Crippen LogP contribution in [0.1, 0.15) is 7.43 Å². The molecule has 31 heavy (non-hydrogen) atoms. The highest BCUT2D eigenvalue weighted by Gasteiger charge is 2.07. The third-order valence-electron chi connectivity index (χ3n) is 4.88. The van der Waals surface area contributed by atoms with E-state index in [4.69, 9.17) is 18.5 Å². The van der Waals surface area contributed by atoms with Crippen molar-refractivity contribution in [3.63, 3.8) is 0 Å². The lowest BCUT2D eigenvalue weighted by Gasteiger charge is -1.99. The van der Waals surface area contributed by atoms with Gasteiger partial charge in [0.1, 0.15) is 28.1 Å². The second-order valence-electron chi connectivity index (χ2n) is 6.72. The molecule has 0 atom stereocenters. The Bertz CT molecular complexity index is 1490. The number of hydrogen-bond donors (Lipinski definition) is 1. The van der Waals surface area contributed by atoms with E-state index in [0.29, 0.717) is 13.4 Å². The number of hydrogen-bond acceptors (Lipinski definition) is 4. The summed E-state index contributed by atoms with van der Waals surface area (Å²) in [6.45, 7) is 0. The van der Waals surface area contributed by atoms with Gasteiger partial charge in [-0.2, -0.15) is 0 Å². The lowest BCUT2D eigenvalue weighted by Crippen LogP contribution is -1.98. The highest BCUT2D eigenvalue weighted by molar-refractivity contribution is 9.10. The zero-order chi connectivity index (χ0) is 20.5. The first-order valence-electron chi connectivity index (χ1n) is 9.33. The van der Waals surface area contributed by atoms with Crippen LogP contribution in [-0.2, 0) is 0 Å². The van der Waals surface area contributed by atoms with E-state index in [9.17, 15) is 0 Å². The Balaban J connectivity index is 0.000000146. The summed E-state index contributed by atoms with van der Waals surface area (Å²) in [6.07, 6.45) is 0. The van der Waals surface area contributed by atoms with E-state index in [1.165, 1.54) is 5.39 Å². The second-order valence-corrected chi connectivity index (χ2v) is 7.63. The van der Waals surface area contributed by atoms with E-state index in [-0.39, 0.29) is 7.43 Å². The molecule has 0 amide bonds. The predicted molar refractivity (Wildman–Crippen MR) is 130 cm³/mol. The van der Waals surface area contributed by atoms with E-state index in [1.54, 1.807) is 6.07 Å². The van der Waals surface area contributed by atoms with E-state index >= 15 is 0 Å². The predicted octanol–water partition coefficient (Wildman–Crippen LogP) is 7.48. The molecule has 4 nitrogen and oxygen atoms in total. The van der Waals surface area contributed by atoms with Gasteiger partial charge in [-0.25, -0.2) is 0 Å². The van der Waals surface area contributed by atoms with E-state index in [2.05, 4.69) is 28.1 Å². The van der Waals surface area contributed by atoms with Crippen LogP contribution in [0.3, 0.4) is 0 Å². The van der Waals surface area contributed by atoms with Gasteiger partial charge in [0.15, 0.2) is 0 Å². The standard InChI is InChI=1S/C12H8BO3.C12H7BrO.CH4/c14-13-16-8-5-6-12-10(7-8)9-3-1-2-4-11(9)15-12;13-8-5-6-12-10(7-8)9-3-1-2-4-11(9)14-12;/h1-7,14H;1-7H;1H4. The molecule has 4 aromatic carbocycles. The van der Waals surface area contributed by atoms with Crippen molar-refractivity contribution in [1.82, 2.24) is 0 Å². The van der Waals surface area contributed by atoms with Crippen LogP contribution in [0.15, 0.2) is 98.2 Å². The van der Waals surface area contributed by atoms with E-state index < -0.39 is 0 Å². The zero-order valence-electron chi connectivity index (χ0n) is 15.7. The van der Waals surface area contributed by atoms with Crippen molar-refractivity contribution >= 4 is 67.5 Å². The van der Waals surface area contributed by atoms with Gasteiger partial charge < -0.3 is 18.5 Å². The Morgan fingerprint density at radius 3 is 1.77 bits per heavy atom. The van der Waals surface area contributed by atoms with Crippen molar-refractivity contribution in [2.24, 2.45) is 0 Å². The molecule has 0 bridgehead atoms. The second kappa shape index (κ2) is 8.88. The van der Waals surface area contributed by atoms with Crippen molar-refractivity contribution in [1.29, 1.82) is 0 Å². The summed E-state index contributed by atoms with van der Waals surface area (Å²) in [5, 5.41) is 12.9. The van der Waals surface area contributed by atoms with Crippen LogP contribution in [0.5, 0.6) is 5.75 Å². The largest absolute Gasteiger partial charge is 0.569 e. The van der Waals surface area contributed by atoms with Gasteiger partial charge in [0.25, 0.3) is 0 Å². The topological polar surface area (TPSA) is 55.7 Å². The molecule has 0 fully saturated rings. The fourth-order valence-corrected chi connectivity index (χ4v) is 3.90. The van der Waals surface area contributed by atoms with Crippen LogP contribution in [0.4, 0.5) is 0 Å². The summed E-state index contributed by atoms with van der Waals surface area (Å²) in [4.78, 5) is 0. The fraction of sp³-hybridized carbons (Fsp3) is 0.0400. The van der Waals surface area contributed by atoms with Crippen LogP contribution < -0.4 is 4.65 Å². The van der Waals surface area contributed by atoms with Crippen molar-refractivity contribution in [2.75, 3.05) is 0 Å². The van der Waals surface area contributed by atoms with E-state index in [0.717, 1.165) is 43.0 Å². The van der Waals surface area contributed by atoms with Crippen molar-refractivity contribution < 1.29 is 18.5 Å². The van der Waals surface area contributed by atoms with Gasteiger partial charge in [-0.3, -0.25) is 0 Å². The Kier molecular flexibility index (Phi) is 6.02. The van der Waals surface area contributed by atoms with Gasteiger partial charge in [-0.05, 0) is 48.5 Å². The summed E-state index contributed by atoms with van der Waals surface area (Å²) < 4.78 is 17.3. The zero-order valence-corrected chi connectivity index (χ0v) is 17.3. The molecule has 0 unspecified atom stereocenters. The van der Waals surface area contributed by atoms with Crippen molar-refractivity contribution in [3.8, 4) is 5.75 Å². The first-order valence-corrected chi connectivity index (χ1v) is 10.1. The lowest BCUT2D eigenvalue weighted by molar-refractivity contribution is 0.454. The van der Waals surface area contributed by atoms with Gasteiger partial charge in [0.2, 0.25) is 0 Å². The van der Waals surface area contributed by atoms with Gasteiger partial charge in [-0.1, -0.05) is 59.8 Å². The molecule has 153 valence electrons. The first-order chi connectivity index (χ1) is 14.7. The fourth-order valence-electron chi connectivity index (χ4n) is 3.54. The van der Waals surface area contributed by atoms with E-state index in [1.807, 2.05) is 66.7 Å². The molecular formula is C25H19BBrO4. The number of halogens is 1. The van der Waals surface area contributed by atoms with Gasteiger partial charge >= 0.3 is 7.69 Å². The average molecular weight is 474 g/mol. The van der Waals surface area contributed by atoms with Crippen LogP contribution >= 0.6 is 15.9 Å². The molecule has 1 N–H and O–H groups in total. The van der Waals surface area contributed by atoms with Crippen molar-refractivity contribution in [2.45, 2.75) is 7.43 Å². The highest BCUT2D eigenvalue weighted by Crippen LogP contribution is 2.31. The van der Waals surface area contributed by atoms with Gasteiger partial charge in [-0.15, -0.1) is 0 Å². The molecule has 1 radical (unpaired) electrons. The van der Waals surface area contributed by atoms with Gasteiger partial charge in [0, 0.05) is 26.0 Å². The van der Waals surface area contributed by atoms with Crippen LogP contribution in [0.2, 0.25) is 0 Å². The summed E-state index contributed by atoms with van der Waals surface area (Å²) in [5.74, 6) is 0.585. The minimum Gasteiger partial charge on any atom is -0.537 e. The number of para-hydroxylation sites is 2. The number of fused-ring (bicyclic) bond motifs is 6. The van der Waals surface area contributed by atoms with Crippen LogP contribution in [0, 0.1) is 0 Å². The third kappa shape index (κ3) is 4.04. The number of furan rings is 2. The summed E-state index contributed by atoms with van der Waals surface area (Å²) in [6, 6.07) is 27.4. The molecule has 6 rings (SSSR count). The molecule has 6 heteroatoms. The average Bonchev–Trinajstić information content (AvgIpc) is 3.32. The maximum Gasteiger partial charge on any atom is 0.569 e. The monoisotopic (exact) mass is 473 g/mol. The SMILES string of the molecule is Brc1ccc2oc3ccccc3c2c1.C.O[B]Oc1ccc2oc3ccccc3c2c1.